The minimum Gasteiger partial charge on any atom is -0.494 e. The highest BCUT2D eigenvalue weighted by Gasteiger charge is 2.31. The number of benzene rings is 1. The van der Waals surface area contributed by atoms with Crippen LogP contribution in [-0.4, -0.2) is 17.4 Å². The van der Waals surface area contributed by atoms with E-state index in [-0.39, 0.29) is 11.7 Å². The van der Waals surface area contributed by atoms with Gasteiger partial charge in [0, 0.05) is 28.6 Å². The van der Waals surface area contributed by atoms with Crippen LogP contribution in [0.4, 0.5) is 0 Å². The molecule has 18 heavy (non-hydrogen) atoms. The summed E-state index contributed by atoms with van der Waals surface area (Å²) in [6.45, 7) is 2.79. The number of Topliss-reactive ketones (excluding diaryl/α,β-unsaturated/α-hetero) is 1. The number of hydrogen-bond donors (Lipinski definition) is 1. The number of hydrogen-bond acceptors (Lipinski definition) is 2. The molecular formula is C15H17NO2. The maximum atomic E-state index is 12.1. The zero-order valence-corrected chi connectivity index (χ0v) is 10.5. The predicted octanol–water partition coefficient (Wildman–Crippen LogP) is 3.55. The lowest BCUT2D eigenvalue weighted by atomic mass is 10.1. The standard InChI is InChI=1S/C15H17NO2/c1-2-7-18-11-5-6-14-12(8-11)13(9-16-14)15(17)10-3-4-10/h5-6,8-10,16H,2-4,7H2,1H3. The Bertz CT molecular complexity index is 581. The summed E-state index contributed by atoms with van der Waals surface area (Å²) in [6.07, 6.45) is 4.89. The molecule has 1 fully saturated rings. The molecule has 3 rings (SSSR count). The van der Waals surface area contributed by atoms with Gasteiger partial charge in [0.1, 0.15) is 5.75 Å². The Hall–Kier alpha value is -1.77. The van der Waals surface area contributed by atoms with Crippen LogP contribution in [0.5, 0.6) is 5.75 Å². The second-order valence-corrected chi connectivity index (χ2v) is 4.90. The molecule has 3 nitrogen and oxygen atoms in total. The number of carbonyl (C=O) groups is 1. The molecule has 1 aromatic carbocycles. The van der Waals surface area contributed by atoms with Crippen LogP contribution >= 0.6 is 0 Å². The fourth-order valence-electron chi connectivity index (χ4n) is 2.18. The molecular weight excluding hydrogens is 226 g/mol. The van der Waals surface area contributed by atoms with Gasteiger partial charge in [-0.15, -0.1) is 0 Å². The summed E-state index contributed by atoms with van der Waals surface area (Å²) >= 11 is 0. The number of aromatic amines is 1. The molecule has 0 saturated heterocycles. The van der Waals surface area contributed by atoms with Crippen molar-refractivity contribution in [1.82, 2.24) is 4.98 Å². The number of ketones is 1. The first kappa shape index (κ1) is 11.3. The maximum Gasteiger partial charge on any atom is 0.168 e. The number of fused-ring (bicyclic) bond motifs is 1. The van der Waals surface area contributed by atoms with Crippen molar-refractivity contribution >= 4 is 16.7 Å². The Balaban J connectivity index is 1.96. The molecule has 1 aliphatic rings. The van der Waals surface area contributed by atoms with Gasteiger partial charge < -0.3 is 9.72 Å². The minimum atomic E-state index is 0.254. The van der Waals surface area contributed by atoms with Crippen molar-refractivity contribution in [2.75, 3.05) is 6.61 Å². The number of ether oxygens (including phenoxy) is 1. The Morgan fingerprint density at radius 2 is 2.28 bits per heavy atom. The molecule has 0 spiro atoms. The van der Waals surface area contributed by atoms with E-state index in [0.717, 1.165) is 41.5 Å². The summed E-state index contributed by atoms with van der Waals surface area (Å²) < 4.78 is 5.62. The van der Waals surface area contributed by atoms with Gasteiger partial charge in [-0.3, -0.25) is 4.79 Å². The zero-order valence-electron chi connectivity index (χ0n) is 10.5. The first-order valence-corrected chi connectivity index (χ1v) is 6.57. The normalized spacial score (nSPS) is 14.9. The summed E-state index contributed by atoms with van der Waals surface area (Å²) in [5.41, 5.74) is 1.82. The smallest absolute Gasteiger partial charge is 0.168 e. The largest absolute Gasteiger partial charge is 0.494 e. The summed E-state index contributed by atoms with van der Waals surface area (Å²) in [4.78, 5) is 15.3. The van der Waals surface area contributed by atoms with Gasteiger partial charge in [0.05, 0.1) is 6.61 Å². The number of rotatable bonds is 5. The Kier molecular flexibility index (Phi) is 2.82. The van der Waals surface area contributed by atoms with E-state index in [1.54, 1.807) is 0 Å². The van der Waals surface area contributed by atoms with Crippen LogP contribution in [0.25, 0.3) is 10.9 Å². The molecule has 1 N–H and O–H groups in total. The number of nitrogens with one attached hydrogen (secondary N) is 1. The van der Waals surface area contributed by atoms with Crippen molar-refractivity contribution in [3.05, 3.63) is 30.0 Å². The molecule has 94 valence electrons. The third-order valence-corrected chi connectivity index (χ3v) is 3.34. The van der Waals surface area contributed by atoms with Crippen molar-refractivity contribution < 1.29 is 9.53 Å². The van der Waals surface area contributed by atoms with Crippen molar-refractivity contribution in [2.45, 2.75) is 26.2 Å². The monoisotopic (exact) mass is 243 g/mol. The highest BCUT2D eigenvalue weighted by Crippen LogP contribution is 2.35. The second kappa shape index (κ2) is 4.48. The van der Waals surface area contributed by atoms with Crippen LogP contribution in [0.2, 0.25) is 0 Å². The maximum absolute atomic E-state index is 12.1. The molecule has 1 aromatic heterocycles. The van der Waals surface area contributed by atoms with Crippen LogP contribution in [0.3, 0.4) is 0 Å². The van der Waals surface area contributed by atoms with E-state index in [2.05, 4.69) is 11.9 Å². The van der Waals surface area contributed by atoms with Gasteiger partial charge in [0.25, 0.3) is 0 Å². The number of aromatic nitrogens is 1. The van der Waals surface area contributed by atoms with Gasteiger partial charge in [-0.25, -0.2) is 0 Å². The molecule has 3 heteroatoms. The molecule has 1 aliphatic carbocycles. The van der Waals surface area contributed by atoms with E-state index < -0.39 is 0 Å². The molecule has 1 saturated carbocycles. The second-order valence-electron chi connectivity index (χ2n) is 4.90. The molecule has 0 bridgehead atoms. The van der Waals surface area contributed by atoms with Crippen LogP contribution < -0.4 is 4.74 Å². The highest BCUT2D eigenvalue weighted by molar-refractivity contribution is 6.09. The zero-order chi connectivity index (χ0) is 12.5. The fourth-order valence-corrected chi connectivity index (χ4v) is 2.18. The van der Waals surface area contributed by atoms with Crippen molar-refractivity contribution in [1.29, 1.82) is 0 Å². The van der Waals surface area contributed by atoms with Crippen LogP contribution in [0, 0.1) is 5.92 Å². The van der Waals surface area contributed by atoms with Gasteiger partial charge in [0.15, 0.2) is 5.78 Å². The van der Waals surface area contributed by atoms with E-state index in [4.69, 9.17) is 4.74 Å². The molecule has 0 aliphatic heterocycles. The first-order valence-electron chi connectivity index (χ1n) is 6.57. The van der Waals surface area contributed by atoms with Crippen molar-refractivity contribution in [3.8, 4) is 5.75 Å². The quantitative estimate of drug-likeness (QED) is 0.816. The van der Waals surface area contributed by atoms with Gasteiger partial charge >= 0.3 is 0 Å². The van der Waals surface area contributed by atoms with Gasteiger partial charge in [-0.1, -0.05) is 6.92 Å². The minimum absolute atomic E-state index is 0.254. The fraction of sp³-hybridized carbons (Fsp3) is 0.400. The highest BCUT2D eigenvalue weighted by atomic mass is 16.5. The van der Waals surface area contributed by atoms with E-state index >= 15 is 0 Å². The summed E-state index contributed by atoms with van der Waals surface area (Å²) in [7, 11) is 0. The lowest BCUT2D eigenvalue weighted by Gasteiger charge is -2.04. The molecule has 0 amide bonds. The third-order valence-electron chi connectivity index (χ3n) is 3.34. The van der Waals surface area contributed by atoms with E-state index in [9.17, 15) is 4.79 Å². The number of H-pyrrole nitrogens is 1. The van der Waals surface area contributed by atoms with E-state index in [0.29, 0.717) is 6.61 Å². The van der Waals surface area contributed by atoms with E-state index in [1.165, 1.54) is 0 Å². The summed E-state index contributed by atoms with van der Waals surface area (Å²) in [5, 5.41) is 0.987. The van der Waals surface area contributed by atoms with Gasteiger partial charge in [-0.05, 0) is 37.5 Å². The van der Waals surface area contributed by atoms with Crippen LogP contribution in [-0.2, 0) is 0 Å². The Morgan fingerprint density at radius 3 is 3.00 bits per heavy atom. The topological polar surface area (TPSA) is 42.1 Å². The molecule has 0 unspecified atom stereocenters. The molecule has 0 atom stereocenters. The SMILES string of the molecule is CCCOc1ccc2[nH]cc(C(=O)C3CC3)c2c1. The predicted molar refractivity (Wildman–Crippen MR) is 71.1 cm³/mol. The average Bonchev–Trinajstić information content (AvgIpc) is 3.15. The molecule has 2 aromatic rings. The summed E-state index contributed by atoms with van der Waals surface area (Å²) in [6, 6.07) is 5.89. The molecule has 0 radical (unpaired) electrons. The van der Waals surface area contributed by atoms with Crippen molar-refractivity contribution in [2.24, 2.45) is 5.92 Å². The van der Waals surface area contributed by atoms with Crippen LogP contribution in [0.15, 0.2) is 24.4 Å². The van der Waals surface area contributed by atoms with Gasteiger partial charge in [-0.2, -0.15) is 0 Å². The van der Waals surface area contributed by atoms with Crippen LogP contribution in [0.1, 0.15) is 36.5 Å². The van der Waals surface area contributed by atoms with Gasteiger partial charge in [0.2, 0.25) is 0 Å². The molecule has 1 heterocycles. The lowest BCUT2D eigenvalue weighted by molar-refractivity contribution is 0.0969. The number of carbonyl (C=O) groups excluding carboxylic acids is 1. The summed E-state index contributed by atoms with van der Waals surface area (Å²) in [5.74, 6) is 1.37. The Labute approximate surface area is 106 Å². The first-order chi connectivity index (χ1) is 8.79. The van der Waals surface area contributed by atoms with Crippen molar-refractivity contribution in [3.63, 3.8) is 0 Å². The Morgan fingerprint density at radius 1 is 1.44 bits per heavy atom. The lowest BCUT2D eigenvalue weighted by Crippen LogP contribution is -2.00. The van der Waals surface area contributed by atoms with E-state index in [1.807, 2.05) is 24.4 Å². The third kappa shape index (κ3) is 2.01. The average molecular weight is 243 g/mol.